The van der Waals surface area contributed by atoms with Gasteiger partial charge in [-0.1, -0.05) is 11.2 Å². The van der Waals surface area contributed by atoms with Gasteiger partial charge in [0.25, 0.3) is 21.8 Å². The van der Waals surface area contributed by atoms with Crippen molar-refractivity contribution in [3.63, 3.8) is 0 Å². The van der Waals surface area contributed by atoms with Gasteiger partial charge in [0, 0.05) is 16.6 Å². The minimum Gasteiger partial charge on any atom is -0.497 e. The number of nitrogens with zero attached hydrogens (tertiary/aromatic N) is 1. The maximum absolute atomic E-state index is 13.1. The molecule has 0 spiro atoms. The van der Waals surface area contributed by atoms with E-state index in [1.54, 1.807) is 54.3 Å². The number of ether oxygens (including phenoxy) is 1. The van der Waals surface area contributed by atoms with Crippen molar-refractivity contribution in [2.24, 2.45) is 0 Å². The number of hydrogen-bond donors (Lipinski definition) is 2. The quantitative estimate of drug-likeness (QED) is 0.418. The highest BCUT2D eigenvalue weighted by Gasteiger charge is 2.28. The first-order chi connectivity index (χ1) is 14.5. The Morgan fingerprint density at radius 2 is 1.93 bits per heavy atom. The first-order valence-corrected chi connectivity index (χ1v) is 11.8. The third kappa shape index (κ3) is 4.08. The summed E-state index contributed by atoms with van der Waals surface area (Å²) in [6.45, 7) is 0. The molecule has 0 aliphatic heterocycles. The maximum Gasteiger partial charge on any atom is 0.273 e. The molecule has 1 amide bonds. The van der Waals surface area contributed by atoms with E-state index in [1.807, 2.05) is 5.38 Å². The van der Waals surface area contributed by atoms with Gasteiger partial charge in [-0.15, -0.1) is 11.3 Å². The molecule has 0 unspecified atom stereocenters. The molecule has 0 saturated carbocycles. The molecular formula is C19H15N3O5S3. The number of benzene rings is 1. The van der Waals surface area contributed by atoms with Crippen LogP contribution in [-0.4, -0.2) is 26.6 Å². The Hall–Kier alpha value is -3.15. The van der Waals surface area contributed by atoms with Gasteiger partial charge in [-0.05, 0) is 47.2 Å². The molecule has 4 rings (SSSR count). The predicted octanol–water partition coefficient (Wildman–Crippen LogP) is 4.53. The van der Waals surface area contributed by atoms with Crippen molar-refractivity contribution in [3.05, 3.63) is 64.2 Å². The summed E-state index contributed by atoms with van der Waals surface area (Å²) in [7, 11) is -2.38. The van der Waals surface area contributed by atoms with Crippen molar-refractivity contribution in [3.8, 4) is 17.0 Å². The van der Waals surface area contributed by atoms with Gasteiger partial charge < -0.3 is 14.6 Å². The average molecular weight is 462 g/mol. The molecule has 0 aliphatic rings. The number of carbonyl (C=O) groups is 1. The Bertz CT molecular complexity index is 1250. The molecular weight excluding hydrogens is 446 g/mol. The highest BCUT2D eigenvalue weighted by atomic mass is 32.2. The van der Waals surface area contributed by atoms with E-state index < -0.39 is 15.9 Å². The summed E-state index contributed by atoms with van der Waals surface area (Å²) in [5.74, 6) is -0.177. The zero-order valence-electron chi connectivity index (χ0n) is 15.5. The highest BCUT2D eigenvalue weighted by molar-refractivity contribution is 7.94. The van der Waals surface area contributed by atoms with E-state index in [1.165, 1.54) is 17.4 Å². The Labute approximate surface area is 180 Å². The van der Waals surface area contributed by atoms with Crippen LogP contribution in [-0.2, 0) is 10.0 Å². The van der Waals surface area contributed by atoms with Crippen molar-refractivity contribution >= 4 is 50.2 Å². The lowest BCUT2D eigenvalue weighted by atomic mass is 10.1. The lowest BCUT2D eigenvalue weighted by molar-refractivity contribution is 0.102. The zero-order valence-corrected chi connectivity index (χ0v) is 17.9. The van der Waals surface area contributed by atoms with Crippen LogP contribution in [0.1, 0.15) is 10.4 Å². The summed E-state index contributed by atoms with van der Waals surface area (Å²) in [6, 6.07) is 11.6. The Morgan fingerprint density at radius 1 is 1.13 bits per heavy atom. The average Bonchev–Trinajstić information content (AvgIpc) is 3.49. The maximum atomic E-state index is 13.1. The number of nitrogens with one attached hydrogen (secondary N) is 2. The normalized spacial score (nSPS) is 11.2. The number of thiophene rings is 2. The summed E-state index contributed by atoms with van der Waals surface area (Å²) in [5, 5.41) is 11.9. The number of amides is 1. The second-order valence-corrected chi connectivity index (χ2v) is 9.60. The van der Waals surface area contributed by atoms with Gasteiger partial charge in [-0.3, -0.25) is 4.79 Å². The molecule has 3 aromatic heterocycles. The SMILES string of the molecule is COc1ccc(NC(=O)c2c(-c3ccsc3)noc2NS(=O)(=O)c2cccs2)cc1. The van der Waals surface area contributed by atoms with Crippen LogP contribution in [0.25, 0.3) is 11.3 Å². The number of sulfonamides is 1. The molecule has 3 heterocycles. The third-order valence-electron chi connectivity index (χ3n) is 4.05. The van der Waals surface area contributed by atoms with Gasteiger partial charge in [0.15, 0.2) is 0 Å². The monoisotopic (exact) mass is 461 g/mol. The van der Waals surface area contributed by atoms with Gasteiger partial charge in [0.05, 0.1) is 7.11 Å². The summed E-state index contributed by atoms with van der Waals surface area (Å²) < 4.78 is 38.0. The Morgan fingerprint density at radius 3 is 2.57 bits per heavy atom. The van der Waals surface area contributed by atoms with Crippen LogP contribution >= 0.6 is 22.7 Å². The van der Waals surface area contributed by atoms with E-state index in [0.29, 0.717) is 17.0 Å². The molecule has 11 heteroatoms. The van der Waals surface area contributed by atoms with Gasteiger partial charge in [0.1, 0.15) is 21.2 Å². The number of rotatable bonds is 7. The standard InChI is InChI=1S/C19H15N3O5S3/c1-26-14-6-4-13(5-7-14)20-18(23)16-17(12-8-10-28-11-12)21-27-19(16)22-30(24,25)15-3-2-9-29-15/h2-11,22H,1H3,(H,20,23). The molecule has 8 nitrogen and oxygen atoms in total. The van der Waals surface area contributed by atoms with E-state index in [2.05, 4.69) is 15.2 Å². The van der Waals surface area contributed by atoms with E-state index in [0.717, 1.165) is 11.3 Å². The lowest BCUT2D eigenvalue weighted by Crippen LogP contribution is -2.17. The minimum absolute atomic E-state index is 0.00986. The van der Waals surface area contributed by atoms with Gasteiger partial charge in [-0.2, -0.15) is 11.3 Å². The summed E-state index contributed by atoms with van der Waals surface area (Å²) in [5.41, 5.74) is 1.38. The van der Waals surface area contributed by atoms with Crippen LogP contribution in [0.2, 0.25) is 0 Å². The topological polar surface area (TPSA) is 111 Å². The van der Waals surface area contributed by atoms with Crippen molar-refractivity contribution in [1.29, 1.82) is 0 Å². The summed E-state index contributed by atoms with van der Waals surface area (Å²) >= 11 is 2.47. The first-order valence-electron chi connectivity index (χ1n) is 8.52. The molecule has 0 radical (unpaired) electrons. The Kier molecular flexibility index (Phi) is 5.57. The largest absolute Gasteiger partial charge is 0.497 e. The molecule has 0 fully saturated rings. The number of hydrogen-bond acceptors (Lipinski definition) is 8. The molecule has 30 heavy (non-hydrogen) atoms. The second kappa shape index (κ2) is 8.30. The van der Waals surface area contributed by atoms with Crippen molar-refractivity contribution in [2.45, 2.75) is 4.21 Å². The fourth-order valence-corrected chi connectivity index (χ4v) is 5.25. The molecule has 0 atom stereocenters. The van der Waals surface area contributed by atoms with Crippen LogP contribution in [0.4, 0.5) is 11.6 Å². The molecule has 1 aromatic carbocycles. The van der Waals surface area contributed by atoms with Crippen LogP contribution in [0.5, 0.6) is 5.75 Å². The zero-order chi connectivity index (χ0) is 21.1. The van der Waals surface area contributed by atoms with Crippen LogP contribution in [0, 0.1) is 0 Å². The van der Waals surface area contributed by atoms with Gasteiger partial charge in [-0.25, -0.2) is 13.1 Å². The number of aromatic nitrogens is 1. The van der Waals surface area contributed by atoms with E-state index in [4.69, 9.17) is 9.26 Å². The van der Waals surface area contributed by atoms with Crippen LogP contribution in [0.3, 0.4) is 0 Å². The second-order valence-electron chi connectivity index (χ2n) is 5.97. The first kappa shape index (κ1) is 20.1. The lowest BCUT2D eigenvalue weighted by Gasteiger charge is -2.08. The van der Waals surface area contributed by atoms with Crippen LogP contribution < -0.4 is 14.8 Å². The molecule has 2 N–H and O–H groups in total. The smallest absolute Gasteiger partial charge is 0.273 e. The Balaban J connectivity index is 1.70. The van der Waals surface area contributed by atoms with E-state index in [-0.39, 0.29) is 21.4 Å². The van der Waals surface area contributed by atoms with Crippen molar-refractivity contribution < 1.29 is 22.5 Å². The fourth-order valence-electron chi connectivity index (χ4n) is 2.62. The van der Waals surface area contributed by atoms with Gasteiger partial charge in [0.2, 0.25) is 0 Å². The third-order valence-corrected chi connectivity index (χ3v) is 7.46. The number of anilines is 2. The molecule has 0 aliphatic carbocycles. The van der Waals surface area contributed by atoms with Crippen molar-refractivity contribution in [2.75, 3.05) is 17.1 Å². The summed E-state index contributed by atoms with van der Waals surface area (Å²) in [6.07, 6.45) is 0. The van der Waals surface area contributed by atoms with E-state index >= 15 is 0 Å². The van der Waals surface area contributed by atoms with E-state index in [9.17, 15) is 13.2 Å². The van der Waals surface area contributed by atoms with Crippen LogP contribution in [0.15, 0.2) is 67.3 Å². The number of carbonyl (C=O) groups excluding carboxylic acids is 1. The highest BCUT2D eigenvalue weighted by Crippen LogP contribution is 2.33. The fraction of sp³-hybridized carbons (Fsp3) is 0.0526. The predicted molar refractivity (Wildman–Crippen MR) is 116 cm³/mol. The molecule has 0 saturated heterocycles. The number of methoxy groups -OCH3 is 1. The van der Waals surface area contributed by atoms with Gasteiger partial charge >= 0.3 is 0 Å². The van der Waals surface area contributed by atoms with Crippen molar-refractivity contribution in [1.82, 2.24) is 5.16 Å². The summed E-state index contributed by atoms with van der Waals surface area (Å²) in [4.78, 5) is 13.1. The molecule has 0 bridgehead atoms. The minimum atomic E-state index is -3.92. The molecule has 154 valence electrons. The molecule has 4 aromatic rings.